The highest BCUT2D eigenvalue weighted by Crippen LogP contribution is 1.81. The molecule has 2 heteroatoms. The summed E-state index contributed by atoms with van der Waals surface area (Å²) in [5.41, 5.74) is 3.73. The fourth-order valence-electron chi connectivity index (χ4n) is 0.278. The molecule has 0 spiro atoms. The molecule has 1 N–H and O–H groups in total. The molecule has 0 heterocycles. The SMILES string of the molecule is CC(C)=C=CC#CC(=O)O. The van der Waals surface area contributed by atoms with E-state index in [0.29, 0.717) is 0 Å². The van der Waals surface area contributed by atoms with Crippen LogP contribution in [-0.2, 0) is 4.79 Å². The van der Waals surface area contributed by atoms with Crippen LogP contribution >= 0.6 is 0 Å². The zero-order valence-corrected chi connectivity index (χ0v) is 5.93. The third-order valence-electron chi connectivity index (χ3n) is 0.612. The number of aliphatic carboxylic acids is 1. The molecule has 0 aromatic heterocycles. The first-order chi connectivity index (χ1) is 4.63. The molecule has 0 aliphatic rings. The molecule has 0 unspecified atom stereocenters. The van der Waals surface area contributed by atoms with Crippen molar-refractivity contribution in [3.8, 4) is 11.8 Å². The zero-order valence-electron chi connectivity index (χ0n) is 5.93. The molecule has 0 aromatic carbocycles. The molecular weight excluding hydrogens is 128 g/mol. The first kappa shape index (κ1) is 8.55. The van der Waals surface area contributed by atoms with Crippen molar-refractivity contribution in [2.45, 2.75) is 13.8 Å². The maximum absolute atomic E-state index is 9.82. The Morgan fingerprint density at radius 3 is 2.50 bits per heavy atom. The van der Waals surface area contributed by atoms with Crippen molar-refractivity contribution >= 4 is 5.97 Å². The van der Waals surface area contributed by atoms with Gasteiger partial charge < -0.3 is 5.11 Å². The normalized spacial score (nSPS) is 6.60. The lowest BCUT2D eigenvalue weighted by molar-refractivity contribution is -0.130. The summed E-state index contributed by atoms with van der Waals surface area (Å²) in [5.74, 6) is 3.13. The number of carboxylic acid groups (broad SMARTS) is 1. The lowest BCUT2D eigenvalue weighted by Crippen LogP contribution is -1.85. The molecule has 0 saturated carbocycles. The fraction of sp³-hybridized carbons (Fsp3) is 0.250. The highest BCUT2D eigenvalue weighted by atomic mass is 16.4. The van der Waals surface area contributed by atoms with Crippen LogP contribution in [0.2, 0.25) is 0 Å². The van der Waals surface area contributed by atoms with Crippen LogP contribution < -0.4 is 0 Å². The van der Waals surface area contributed by atoms with Gasteiger partial charge in [-0.3, -0.25) is 0 Å². The van der Waals surface area contributed by atoms with Crippen molar-refractivity contribution in [3.05, 3.63) is 17.4 Å². The van der Waals surface area contributed by atoms with Gasteiger partial charge in [0.1, 0.15) is 0 Å². The van der Waals surface area contributed by atoms with Gasteiger partial charge in [-0.05, 0) is 19.4 Å². The second-order valence-electron chi connectivity index (χ2n) is 1.86. The van der Waals surface area contributed by atoms with Crippen LogP contribution in [0, 0.1) is 11.8 Å². The topological polar surface area (TPSA) is 37.3 Å². The Hall–Kier alpha value is -1.45. The van der Waals surface area contributed by atoms with E-state index in [0.717, 1.165) is 5.57 Å². The molecule has 0 atom stereocenters. The van der Waals surface area contributed by atoms with Gasteiger partial charge in [-0.1, -0.05) is 5.92 Å². The predicted octanol–water partition coefficient (Wildman–Crippen LogP) is 1.20. The van der Waals surface area contributed by atoms with Gasteiger partial charge in [-0.25, -0.2) is 4.79 Å². The van der Waals surface area contributed by atoms with Crippen molar-refractivity contribution in [2.75, 3.05) is 0 Å². The van der Waals surface area contributed by atoms with E-state index in [2.05, 4.69) is 11.7 Å². The largest absolute Gasteiger partial charge is 0.472 e. The smallest absolute Gasteiger partial charge is 0.382 e. The van der Waals surface area contributed by atoms with Crippen LogP contribution in [0.1, 0.15) is 13.8 Å². The van der Waals surface area contributed by atoms with Crippen molar-refractivity contribution in [2.24, 2.45) is 0 Å². The minimum Gasteiger partial charge on any atom is -0.472 e. The minimum atomic E-state index is -1.12. The molecule has 0 amide bonds. The molecule has 52 valence electrons. The van der Waals surface area contributed by atoms with Crippen LogP contribution in [0.3, 0.4) is 0 Å². The summed E-state index contributed by atoms with van der Waals surface area (Å²) < 4.78 is 0. The predicted molar refractivity (Wildman–Crippen MR) is 38.4 cm³/mol. The first-order valence-electron chi connectivity index (χ1n) is 2.76. The Labute approximate surface area is 59.9 Å². The molecule has 2 nitrogen and oxygen atoms in total. The second-order valence-corrected chi connectivity index (χ2v) is 1.86. The van der Waals surface area contributed by atoms with E-state index >= 15 is 0 Å². The standard InChI is InChI=1S/C8H8O2/c1-7(2)5-3-4-6-8(9)10/h3H,1-2H3,(H,9,10). The maximum atomic E-state index is 9.82. The summed E-state index contributed by atoms with van der Waals surface area (Å²) in [5, 5.41) is 8.05. The average Bonchev–Trinajstić information content (AvgIpc) is 1.79. The summed E-state index contributed by atoms with van der Waals surface area (Å²) in [6, 6.07) is 0. The van der Waals surface area contributed by atoms with Crippen LogP contribution in [0.25, 0.3) is 0 Å². The Balaban J connectivity index is 4.13. The van der Waals surface area contributed by atoms with Crippen LogP contribution in [0.4, 0.5) is 0 Å². The highest BCUT2D eigenvalue weighted by Gasteiger charge is 1.78. The number of hydrogen-bond acceptors (Lipinski definition) is 1. The van der Waals surface area contributed by atoms with Gasteiger partial charge in [0.2, 0.25) is 0 Å². The van der Waals surface area contributed by atoms with Crippen molar-refractivity contribution in [1.82, 2.24) is 0 Å². The summed E-state index contributed by atoms with van der Waals surface area (Å²) in [7, 11) is 0. The Bertz CT molecular complexity index is 240. The van der Waals surface area contributed by atoms with E-state index in [4.69, 9.17) is 5.11 Å². The third kappa shape index (κ3) is 6.55. The van der Waals surface area contributed by atoms with E-state index < -0.39 is 5.97 Å². The number of allylic oxidation sites excluding steroid dienone is 1. The average molecular weight is 136 g/mol. The molecule has 0 aromatic rings. The Morgan fingerprint density at radius 1 is 1.50 bits per heavy atom. The molecule has 0 aliphatic heterocycles. The fourth-order valence-corrected chi connectivity index (χ4v) is 0.278. The van der Waals surface area contributed by atoms with Crippen molar-refractivity contribution in [1.29, 1.82) is 0 Å². The number of carbonyl (C=O) groups is 1. The Morgan fingerprint density at radius 2 is 2.10 bits per heavy atom. The highest BCUT2D eigenvalue weighted by molar-refractivity contribution is 5.86. The summed E-state index contributed by atoms with van der Waals surface area (Å²) in [6.07, 6.45) is 1.39. The van der Waals surface area contributed by atoms with E-state index in [1.165, 1.54) is 6.08 Å². The molecule has 0 fully saturated rings. The van der Waals surface area contributed by atoms with Gasteiger partial charge in [0.15, 0.2) is 0 Å². The lowest BCUT2D eigenvalue weighted by atomic mass is 10.4. The second kappa shape index (κ2) is 4.43. The van der Waals surface area contributed by atoms with Crippen molar-refractivity contribution in [3.63, 3.8) is 0 Å². The van der Waals surface area contributed by atoms with E-state index in [9.17, 15) is 4.79 Å². The molecular formula is C8H8O2. The maximum Gasteiger partial charge on any atom is 0.382 e. The van der Waals surface area contributed by atoms with Crippen molar-refractivity contribution < 1.29 is 9.90 Å². The number of hydrogen-bond donors (Lipinski definition) is 1. The van der Waals surface area contributed by atoms with E-state index in [-0.39, 0.29) is 0 Å². The number of rotatable bonds is 0. The van der Waals surface area contributed by atoms with Gasteiger partial charge >= 0.3 is 5.97 Å². The molecule has 0 saturated heterocycles. The van der Waals surface area contributed by atoms with Gasteiger partial charge in [0.25, 0.3) is 0 Å². The quantitative estimate of drug-likeness (QED) is 0.401. The molecule has 0 aliphatic carbocycles. The summed E-state index contributed by atoms with van der Waals surface area (Å²) >= 11 is 0. The first-order valence-corrected chi connectivity index (χ1v) is 2.76. The van der Waals surface area contributed by atoms with Gasteiger partial charge in [-0.15, -0.1) is 5.73 Å². The summed E-state index contributed by atoms with van der Waals surface area (Å²) in [6.45, 7) is 3.72. The minimum absolute atomic E-state index is 0.972. The van der Waals surface area contributed by atoms with Gasteiger partial charge in [0.05, 0.1) is 0 Å². The zero-order chi connectivity index (χ0) is 7.98. The van der Waals surface area contributed by atoms with E-state index in [1.807, 2.05) is 19.8 Å². The molecule has 0 rings (SSSR count). The molecule has 0 radical (unpaired) electrons. The van der Waals surface area contributed by atoms with E-state index in [1.54, 1.807) is 0 Å². The van der Waals surface area contributed by atoms with Crippen LogP contribution in [0.15, 0.2) is 17.4 Å². The monoisotopic (exact) mass is 136 g/mol. The van der Waals surface area contributed by atoms with Crippen LogP contribution in [0.5, 0.6) is 0 Å². The molecule has 0 bridgehead atoms. The lowest BCUT2D eigenvalue weighted by Gasteiger charge is -1.71. The van der Waals surface area contributed by atoms with Gasteiger partial charge in [-0.2, -0.15) is 0 Å². The van der Waals surface area contributed by atoms with Crippen LogP contribution in [-0.4, -0.2) is 11.1 Å². The third-order valence-corrected chi connectivity index (χ3v) is 0.612. The summed E-state index contributed by atoms with van der Waals surface area (Å²) in [4.78, 5) is 9.82. The molecule has 10 heavy (non-hydrogen) atoms. The number of carboxylic acids is 1. The Kier molecular flexibility index (Phi) is 3.79. The van der Waals surface area contributed by atoms with Gasteiger partial charge in [0, 0.05) is 12.0 Å².